The summed E-state index contributed by atoms with van der Waals surface area (Å²) < 4.78 is 0. The van der Waals surface area contributed by atoms with Crippen LogP contribution in [0.5, 0.6) is 0 Å². The second kappa shape index (κ2) is 61.8. The third kappa shape index (κ3) is 50.8. The van der Waals surface area contributed by atoms with Gasteiger partial charge in [-0.05, 0) is 80.8 Å². The summed E-state index contributed by atoms with van der Waals surface area (Å²) in [6.07, 6.45) is 83.6. The van der Waals surface area contributed by atoms with E-state index in [4.69, 9.17) is 9.98 Å². The molecule has 2 aromatic carbocycles. The smallest absolute Gasteiger partial charge is 0.0633 e. The van der Waals surface area contributed by atoms with Crippen LogP contribution in [0, 0.1) is 0 Å². The van der Waals surface area contributed by atoms with Gasteiger partial charge >= 0.3 is 0 Å². The predicted octanol–water partition coefficient (Wildman–Crippen LogP) is 27.9. The van der Waals surface area contributed by atoms with Crippen LogP contribution >= 0.6 is 0 Å². The molecule has 80 heavy (non-hydrogen) atoms. The Labute approximate surface area is 512 Å². The van der Waals surface area contributed by atoms with Gasteiger partial charge in [0.25, 0.3) is 0 Å². The van der Waals surface area contributed by atoms with Crippen molar-refractivity contribution in [3.8, 4) is 0 Å². The van der Waals surface area contributed by atoms with Crippen LogP contribution in [-0.2, 0) is 29.3 Å². The molecule has 0 saturated carbocycles. The molecule has 0 fully saturated rings. The van der Waals surface area contributed by atoms with Crippen molar-refractivity contribution in [2.24, 2.45) is 9.98 Å². The second-order valence-corrected chi connectivity index (χ2v) is 25.6. The summed E-state index contributed by atoms with van der Waals surface area (Å²) in [7, 11) is 0. The zero-order valence-electron chi connectivity index (χ0n) is 54.5. The summed E-state index contributed by atoms with van der Waals surface area (Å²) in [5, 5.41) is 0. The van der Waals surface area contributed by atoms with Gasteiger partial charge in [-0.3, -0.25) is 9.98 Å². The Bertz CT molecular complexity index is 1580. The van der Waals surface area contributed by atoms with Crippen molar-refractivity contribution in [1.82, 2.24) is 0 Å². The maximum absolute atomic E-state index is 5.22. The zero-order chi connectivity index (χ0) is 56.3. The van der Waals surface area contributed by atoms with Crippen molar-refractivity contribution >= 4 is 22.8 Å². The molecule has 0 unspecified atom stereocenters. The monoisotopic (exact) mass is 1150 g/mol. The fourth-order valence-corrected chi connectivity index (χ4v) is 12.2. The molecule has 2 rings (SSSR count). The van der Waals surface area contributed by atoms with Crippen LogP contribution < -0.4 is 0 Å². The van der Waals surface area contributed by atoms with Crippen molar-refractivity contribution in [3.05, 3.63) is 59.7 Å². The summed E-state index contributed by atoms with van der Waals surface area (Å²) >= 11 is 0. The van der Waals surface area contributed by atoms with Crippen molar-refractivity contribution in [1.29, 1.82) is 0 Å². The van der Waals surface area contributed by atoms with Crippen molar-refractivity contribution in [3.63, 3.8) is 0 Å². The molecule has 0 bridgehead atoms. The molecule has 0 aliphatic heterocycles. The molecule has 0 aliphatic rings. The number of hydrogen-bond acceptors (Lipinski definition) is 2. The molecule has 0 heterocycles. The number of aliphatic imine (C=N–C) groups is 2. The largest absolute Gasteiger partial charge is 0.252 e. The van der Waals surface area contributed by atoms with Gasteiger partial charge < -0.3 is 0 Å². The minimum Gasteiger partial charge on any atom is -0.252 e. The van der Waals surface area contributed by atoms with Crippen LogP contribution in [0.4, 0.5) is 11.4 Å². The predicted molar refractivity (Wildman–Crippen MR) is 360 cm³/mol. The molecule has 0 amide bonds. The molecule has 466 valence electrons. The first-order valence-electron chi connectivity index (χ1n) is 36.5. The average Bonchev–Trinajstić information content (AvgIpc) is 3.46. The van der Waals surface area contributed by atoms with Crippen LogP contribution in [0.25, 0.3) is 0 Å². The standard InChI is InChI=1S/C77H138N2.Ni/c1-5-8-11-14-16-18-20-22-24-26-28-30-32-34-36-38-40-42-44-46-48-50-52-54-56-58-61-73-64-68-75(69-65-73)78-72(4)77(63-60-13-10-7-3)79-76-70-66-74(67-71-76)62-59-57-55-53-51-49-47-45-43-41-39-37-35-33-31-29-27-25-23-21-19-17-15-12-9-6-2;/h64-71H,5-63H2,1-4H3;. The molecule has 2 aromatic rings. The number of benzene rings is 2. The molecular weight excluding hydrogens is 1010 g/mol. The minimum atomic E-state index is 0. The molecule has 2 nitrogen and oxygen atoms in total. The molecule has 0 saturated heterocycles. The average molecular weight is 1150 g/mol. The number of rotatable bonds is 62. The maximum atomic E-state index is 5.22. The fraction of sp³-hybridized carbons (Fsp3) is 0.818. The number of nitrogens with zero attached hydrogens (tertiary/aromatic N) is 2. The van der Waals surface area contributed by atoms with E-state index >= 15 is 0 Å². The zero-order valence-corrected chi connectivity index (χ0v) is 55.5. The Kier molecular flexibility index (Phi) is 59.0. The first-order chi connectivity index (χ1) is 39.2. The Hall–Kier alpha value is -1.73. The summed E-state index contributed by atoms with van der Waals surface area (Å²) in [6.45, 7) is 9.09. The van der Waals surface area contributed by atoms with Gasteiger partial charge in [-0.15, -0.1) is 0 Å². The SMILES string of the molecule is CCCCCCCCCCCCCCCCCCCCCCCCCCCCc1ccc(N=C(C)C(CCCCCC)=Nc2ccc(CCCCCCCCCCCCCCCCCCCCCCCCCCCC)cc2)cc1.[Ni]. The van der Waals surface area contributed by atoms with Gasteiger partial charge in [0.1, 0.15) is 0 Å². The number of hydrogen-bond donors (Lipinski definition) is 0. The Balaban J connectivity index is 0.0000320. The first-order valence-corrected chi connectivity index (χ1v) is 36.5. The van der Waals surface area contributed by atoms with E-state index in [0.29, 0.717) is 0 Å². The van der Waals surface area contributed by atoms with Crippen molar-refractivity contribution in [2.45, 2.75) is 407 Å². The second-order valence-electron chi connectivity index (χ2n) is 25.6. The molecular formula is C77H138N2Ni. The summed E-state index contributed by atoms with van der Waals surface area (Å²) in [4.78, 5) is 10.3. The van der Waals surface area contributed by atoms with E-state index in [2.05, 4.69) is 76.2 Å². The van der Waals surface area contributed by atoms with Crippen molar-refractivity contribution < 1.29 is 16.5 Å². The van der Waals surface area contributed by atoms with Gasteiger partial charge in [0.05, 0.1) is 22.8 Å². The van der Waals surface area contributed by atoms with E-state index in [1.54, 1.807) is 0 Å². The topological polar surface area (TPSA) is 24.7 Å². The van der Waals surface area contributed by atoms with E-state index in [9.17, 15) is 0 Å². The van der Waals surface area contributed by atoms with Crippen molar-refractivity contribution in [2.75, 3.05) is 0 Å². The summed E-state index contributed by atoms with van der Waals surface area (Å²) in [5.41, 5.74) is 7.24. The third-order valence-electron chi connectivity index (χ3n) is 17.8. The van der Waals surface area contributed by atoms with Gasteiger partial charge in [0.2, 0.25) is 0 Å². The Morgan fingerprint density at radius 3 is 0.650 bits per heavy atom. The molecule has 0 N–H and O–H groups in total. The Morgan fingerprint density at radius 1 is 0.237 bits per heavy atom. The summed E-state index contributed by atoms with van der Waals surface area (Å²) in [6, 6.07) is 18.2. The van der Waals surface area contributed by atoms with Crippen LogP contribution in [0.2, 0.25) is 0 Å². The van der Waals surface area contributed by atoms with Gasteiger partial charge in [-0.25, -0.2) is 0 Å². The third-order valence-corrected chi connectivity index (χ3v) is 17.8. The van der Waals surface area contributed by atoms with Crippen LogP contribution in [0.15, 0.2) is 58.5 Å². The van der Waals surface area contributed by atoms with Gasteiger partial charge in [-0.1, -0.05) is 385 Å². The molecule has 0 aromatic heterocycles. The number of unbranched alkanes of at least 4 members (excludes halogenated alkanes) is 53. The minimum absolute atomic E-state index is 0. The van der Waals surface area contributed by atoms with E-state index in [1.807, 2.05) is 0 Å². The van der Waals surface area contributed by atoms with E-state index in [1.165, 1.54) is 384 Å². The summed E-state index contributed by atoms with van der Waals surface area (Å²) in [5.74, 6) is 0. The quantitative estimate of drug-likeness (QED) is 0.0358. The molecule has 0 spiro atoms. The van der Waals surface area contributed by atoms with Gasteiger partial charge in [0.15, 0.2) is 0 Å². The molecule has 3 heteroatoms. The van der Waals surface area contributed by atoms with Crippen LogP contribution in [0.1, 0.15) is 405 Å². The Morgan fingerprint density at radius 2 is 0.425 bits per heavy atom. The number of aryl methyl sites for hydroxylation is 2. The fourth-order valence-electron chi connectivity index (χ4n) is 12.2. The molecule has 0 aliphatic carbocycles. The molecule has 0 radical (unpaired) electrons. The maximum Gasteiger partial charge on any atom is 0.0633 e. The van der Waals surface area contributed by atoms with Crippen LogP contribution in [-0.4, -0.2) is 11.4 Å². The normalized spacial score (nSPS) is 12.0. The van der Waals surface area contributed by atoms with Gasteiger partial charge in [-0.2, -0.15) is 0 Å². The molecule has 0 atom stereocenters. The van der Waals surface area contributed by atoms with Gasteiger partial charge in [0, 0.05) is 16.5 Å². The first kappa shape index (κ1) is 76.3. The van der Waals surface area contributed by atoms with Crippen LogP contribution in [0.3, 0.4) is 0 Å². The van der Waals surface area contributed by atoms with E-state index in [0.717, 1.165) is 29.2 Å². The van der Waals surface area contributed by atoms with E-state index in [-0.39, 0.29) is 16.5 Å². The van der Waals surface area contributed by atoms with E-state index < -0.39 is 0 Å².